The van der Waals surface area contributed by atoms with Gasteiger partial charge in [0.25, 0.3) is 40.5 Å². The summed E-state index contributed by atoms with van der Waals surface area (Å²) in [6.45, 7) is 3.92. The van der Waals surface area contributed by atoms with Gasteiger partial charge in [0, 0.05) is 27.5 Å². The maximum Gasteiger partial charge on any atom is 0.296 e. The average molecular weight is 948 g/mol. The van der Waals surface area contributed by atoms with Gasteiger partial charge in [0.05, 0.1) is 32.5 Å². The molecular formula is C40H33N7O13S4. The van der Waals surface area contributed by atoms with Crippen molar-refractivity contribution in [3.63, 3.8) is 0 Å². The molecule has 0 aliphatic rings. The third-order valence-corrected chi connectivity index (χ3v) is 12.3. The Bertz CT molecular complexity index is 3420. The standard InChI is InChI=1S/C26H19N5O13S4.C14H14N2/c27-20-12-18-13(9-23(20)47(39,40)41)10-24(48(42,43)44)25(26(18)32)31-30-22-8-7-21(17-6-5-16(11-19(17)22)46(36,37)38)29-28-14-1-3-15(4-2-14)45(33,34)35;1-12(15-13-8-4-2-5-9-13)16-14-10-6-3-7-11-14/h1-12,32H,27H2,(H,33,34,35)(H,36,37,38)(H,39,40,41)(H,42,43,44);2-11,15-16H,1H2. The van der Waals surface area contributed by atoms with E-state index >= 15 is 0 Å². The van der Waals surface area contributed by atoms with Gasteiger partial charge in [-0.05, 0) is 96.4 Å². The quantitative estimate of drug-likeness (QED) is 0.0322. The number of azo groups is 2. The lowest BCUT2D eigenvalue weighted by atomic mass is 10.1. The first kappa shape index (κ1) is 46.3. The second-order valence-corrected chi connectivity index (χ2v) is 18.9. The lowest BCUT2D eigenvalue weighted by Gasteiger charge is -2.11. The average Bonchev–Trinajstić information content (AvgIpc) is 3.22. The van der Waals surface area contributed by atoms with Crippen LogP contribution in [0.3, 0.4) is 0 Å². The molecular weight excluding hydrogens is 915 g/mol. The number of nitrogens with zero attached hydrogens (tertiary/aromatic N) is 4. The van der Waals surface area contributed by atoms with Crippen molar-refractivity contribution in [3.8, 4) is 5.75 Å². The lowest BCUT2D eigenvalue weighted by molar-refractivity contribution is 0.472. The second-order valence-electron chi connectivity index (χ2n) is 13.2. The number of hydrogen-bond donors (Lipinski definition) is 8. The molecule has 0 aromatic heterocycles. The summed E-state index contributed by atoms with van der Waals surface area (Å²) >= 11 is 0. The van der Waals surface area contributed by atoms with Crippen LogP contribution in [-0.2, 0) is 40.5 Å². The van der Waals surface area contributed by atoms with E-state index in [4.69, 9.17) is 10.3 Å². The Balaban J connectivity index is 0.000000355. The van der Waals surface area contributed by atoms with E-state index in [0.717, 1.165) is 59.7 Å². The van der Waals surface area contributed by atoms with Crippen LogP contribution in [0.2, 0.25) is 0 Å². The van der Waals surface area contributed by atoms with Crippen LogP contribution >= 0.6 is 0 Å². The Kier molecular flexibility index (Phi) is 13.2. The molecule has 7 aromatic rings. The molecule has 7 aromatic carbocycles. The van der Waals surface area contributed by atoms with E-state index in [2.05, 4.69) is 37.7 Å². The summed E-state index contributed by atoms with van der Waals surface area (Å²) in [5.74, 6) is -0.164. The Morgan fingerprint density at radius 2 is 0.984 bits per heavy atom. The molecule has 7 rings (SSSR count). The number of phenols is 1. The molecule has 330 valence electrons. The minimum absolute atomic E-state index is 0.0391. The number of nitrogen functional groups attached to an aromatic ring is 1. The minimum atomic E-state index is -5.17. The molecule has 24 heteroatoms. The van der Waals surface area contributed by atoms with E-state index < -0.39 is 72.3 Å². The molecule has 0 saturated heterocycles. The number of phenolic OH excluding ortho intramolecular Hbond substituents is 1. The number of anilines is 3. The molecule has 0 radical (unpaired) electrons. The van der Waals surface area contributed by atoms with Crippen LogP contribution in [0.5, 0.6) is 5.75 Å². The van der Waals surface area contributed by atoms with Crippen molar-refractivity contribution >= 4 is 102 Å². The highest BCUT2D eigenvalue weighted by atomic mass is 32.2. The molecule has 0 unspecified atom stereocenters. The smallest absolute Gasteiger partial charge is 0.296 e. The lowest BCUT2D eigenvalue weighted by Crippen LogP contribution is -2.07. The predicted molar refractivity (Wildman–Crippen MR) is 237 cm³/mol. The van der Waals surface area contributed by atoms with Crippen molar-refractivity contribution in [1.29, 1.82) is 0 Å². The highest BCUT2D eigenvalue weighted by Crippen LogP contribution is 2.44. The molecule has 0 aliphatic heterocycles. The molecule has 64 heavy (non-hydrogen) atoms. The van der Waals surface area contributed by atoms with E-state index in [-0.39, 0.29) is 43.5 Å². The highest BCUT2D eigenvalue weighted by Gasteiger charge is 2.25. The first-order valence-corrected chi connectivity index (χ1v) is 23.6. The SMILES string of the molecule is C=C(Nc1ccccc1)Nc1ccccc1.Nc1cc2c(O)c(N=Nc3ccc(N=Nc4ccc(S(=O)(=O)O)cc4)c4ccc(S(=O)(=O)O)cc34)c(S(=O)(=O)O)cc2cc1S(=O)(=O)O. The highest BCUT2D eigenvalue weighted by molar-refractivity contribution is 7.86. The Hall–Kier alpha value is -7.16. The molecule has 0 heterocycles. The summed E-state index contributed by atoms with van der Waals surface area (Å²) in [7, 11) is -19.3. The fraction of sp³-hybridized carbons (Fsp3) is 0. The van der Waals surface area contributed by atoms with Gasteiger partial charge in [0.2, 0.25) is 0 Å². The van der Waals surface area contributed by atoms with Crippen LogP contribution in [0.4, 0.5) is 39.8 Å². The van der Waals surface area contributed by atoms with E-state index in [1.165, 1.54) is 30.3 Å². The topological polar surface area (TPSA) is 337 Å². The predicted octanol–water partition coefficient (Wildman–Crippen LogP) is 8.78. The van der Waals surface area contributed by atoms with Gasteiger partial charge in [0.15, 0.2) is 5.75 Å². The maximum atomic E-state index is 12.3. The van der Waals surface area contributed by atoms with Crippen molar-refractivity contribution < 1.29 is 57.0 Å². The molecule has 0 amide bonds. The van der Waals surface area contributed by atoms with Crippen LogP contribution in [0.25, 0.3) is 21.5 Å². The molecule has 0 aliphatic carbocycles. The molecule has 0 bridgehead atoms. The number of nitrogens with one attached hydrogen (secondary N) is 2. The van der Waals surface area contributed by atoms with E-state index in [1.807, 2.05) is 60.7 Å². The number of benzene rings is 7. The van der Waals surface area contributed by atoms with Crippen molar-refractivity contribution in [1.82, 2.24) is 0 Å². The first-order chi connectivity index (χ1) is 30.0. The molecule has 0 atom stereocenters. The van der Waals surface area contributed by atoms with Gasteiger partial charge in [-0.15, -0.1) is 15.3 Å². The summed E-state index contributed by atoms with van der Waals surface area (Å²) < 4.78 is 132. The summed E-state index contributed by atoms with van der Waals surface area (Å²) in [6, 6.07) is 32.8. The second kappa shape index (κ2) is 18.3. The van der Waals surface area contributed by atoms with E-state index in [0.29, 0.717) is 0 Å². The van der Waals surface area contributed by atoms with Gasteiger partial charge in [-0.2, -0.15) is 38.8 Å². The molecule has 0 saturated carbocycles. The third kappa shape index (κ3) is 11.3. The number of hydrogen-bond acceptors (Lipinski definition) is 16. The largest absolute Gasteiger partial charge is 0.505 e. The van der Waals surface area contributed by atoms with Crippen molar-refractivity contribution in [2.75, 3.05) is 16.4 Å². The zero-order valence-electron chi connectivity index (χ0n) is 32.4. The third-order valence-electron chi connectivity index (χ3n) is 8.78. The summed E-state index contributed by atoms with van der Waals surface area (Å²) in [6.07, 6.45) is 0. The zero-order chi connectivity index (χ0) is 46.6. The number of rotatable bonds is 12. The fourth-order valence-electron chi connectivity index (χ4n) is 5.86. The molecule has 0 spiro atoms. The number of fused-ring (bicyclic) bond motifs is 2. The Morgan fingerprint density at radius 1 is 0.500 bits per heavy atom. The van der Waals surface area contributed by atoms with Crippen LogP contribution < -0.4 is 16.4 Å². The molecule has 9 N–H and O–H groups in total. The van der Waals surface area contributed by atoms with Gasteiger partial charge in [-0.1, -0.05) is 49.0 Å². The number of nitrogens with two attached hydrogens (primary N) is 1. The minimum Gasteiger partial charge on any atom is -0.505 e. The van der Waals surface area contributed by atoms with Crippen LogP contribution in [0, 0.1) is 0 Å². The Labute approximate surface area is 365 Å². The molecule has 20 nitrogen and oxygen atoms in total. The monoisotopic (exact) mass is 947 g/mol. The Morgan fingerprint density at radius 3 is 1.50 bits per heavy atom. The summed E-state index contributed by atoms with van der Waals surface area (Å²) in [5.41, 5.74) is 6.47. The normalized spacial score (nSPS) is 12.3. The van der Waals surface area contributed by atoms with E-state index in [9.17, 15) is 52.4 Å². The van der Waals surface area contributed by atoms with Crippen LogP contribution in [0.15, 0.2) is 186 Å². The van der Waals surface area contributed by atoms with Crippen LogP contribution in [0.1, 0.15) is 0 Å². The maximum absolute atomic E-state index is 12.3. The number of para-hydroxylation sites is 2. The van der Waals surface area contributed by atoms with Gasteiger partial charge in [-0.3, -0.25) is 18.2 Å². The summed E-state index contributed by atoms with van der Waals surface area (Å²) in [5, 5.41) is 32.7. The van der Waals surface area contributed by atoms with Crippen molar-refractivity contribution in [2.24, 2.45) is 20.5 Å². The fourth-order valence-corrected chi connectivity index (χ4v) is 8.14. The number of aromatic hydroxyl groups is 1. The first-order valence-electron chi connectivity index (χ1n) is 17.8. The summed E-state index contributed by atoms with van der Waals surface area (Å²) in [4.78, 5) is -2.81. The van der Waals surface area contributed by atoms with Gasteiger partial charge >= 0.3 is 0 Å². The van der Waals surface area contributed by atoms with Gasteiger partial charge in [-0.25, -0.2) is 0 Å². The van der Waals surface area contributed by atoms with Crippen molar-refractivity contribution in [2.45, 2.75) is 19.6 Å². The van der Waals surface area contributed by atoms with E-state index in [1.54, 1.807) is 0 Å². The molecule has 0 fully saturated rings. The zero-order valence-corrected chi connectivity index (χ0v) is 35.7. The van der Waals surface area contributed by atoms with Crippen molar-refractivity contribution in [3.05, 3.63) is 146 Å². The van der Waals surface area contributed by atoms with Gasteiger partial charge in [0.1, 0.15) is 21.3 Å². The van der Waals surface area contributed by atoms with Gasteiger partial charge < -0.3 is 21.5 Å². The van der Waals surface area contributed by atoms with Crippen LogP contribution in [-0.4, -0.2) is 57.0 Å².